The van der Waals surface area contributed by atoms with Crippen LogP contribution in [-0.2, 0) is 4.74 Å². The highest BCUT2D eigenvalue weighted by atomic mass is 16.5. The molecule has 2 rings (SSSR count). The number of fused-ring (bicyclic) bond motifs is 1. The van der Waals surface area contributed by atoms with Crippen molar-refractivity contribution in [2.24, 2.45) is 5.10 Å². The minimum absolute atomic E-state index is 0.130. The van der Waals surface area contributed by atoms with Crippen molar-refractivity contribution in [3.8, 4) is 0 Å². The van der Waals surface area contributed by atoms with E-state index in [0.717, 1.165) is 11.5 Å². The van der Waals surface area contributed by atoms with E-state index in [9.17, 15) is 0 Å². The van der Waals surface area contributed by atoms with E-state index in [1.54, 1.807) is 13.3 Å². The molecule has 2 heterocycles. The Labute approximate surface area is 71.2 Å². The molecule has 0 aromatic heterocycles. The first-order valence-electron chi connectivity index (χ1n) is 3.83. The molecule has 4 heteroatoms. The Kier molecular flexibility index (Phi) is 1.53. The summed E-state index contributed by atoms with van der Waals surface area (Å²) in [6.45, 7) is 2.01. The van der Waals surface area contributed by atoms with Gasteiger partial charge in [0.2, 0.25) is 0 Å². The van der Waals surface area contributed by atoms with Crippen LogP contribution < -0.4 is 5.32 Å². The highest BCUT2D eigenvalue weighted by Gasteiger charge is 2.22. The third kappa shape index (κ3) is 1.05. The maximum atomic E-state index is 5.06. The van der Waals surface area contributed by atoms with E-state index in [1.807, 2.05) is 24.2 Å². The summed E-state index contributed by atoms with van der Waals surface area (Å²) in [4.78, 5) is 0. The lowest BCUT2D eigenvalue weighted by molar-refractivity contribution is 0.280. The zero-order valence-corrected chi connectivity index (χ0v) is 7.11. The maximum absolute atomic E-state index is 5.06. The standard InChI is InChI=1S/C8H11N3O/c1-6-5-11-8(10-6)3-7(12-2)4-9-11/h3-5,8,10H,1-2H3. The van der Waals surface area contributed by atoms with E-state index in [0.29, 0.717) is 0 Å². The fourth-order valence-electron chi connectivity index (χ4n) is 1.28. The largest absolute Gasteiger partial charge is 0.495 e. The Morgan fingerprint density at radius 3 is 3.25 bits per heavy atom. The number of nitrogens with one attached hydrogen (secondary N) is 1. The summed E-state index contributed by atoms with van der Waals surface area (Å²) in [5, 5.41) is 9.27. The van der Waals surface area contributed by atoms with Crippen LogP contribution in [0.2, 0.25) is 0 Å². The Morgan fingerprint density at radius 2 is 2.50 bits per heavy atom. The molecule has 0 bridgehead atoms. The van der Waals surface area contributed by atoms with Gasteiger partial charge >= 0.3 is 0 Å². The van der Waals surface area contributed by atoms with Crippen molar-refractivity contribution in [2.75, 3.05) is 7.11 Å². The minimum atomic E-state index is 0.130. The second-order valence-electron chi connectivity index (χ2n) is 2.80. The van der Waals surface area contributed by atoms with Gasteiger partial charge in [-0.1, -0.05) is 0 Å². The van der Waals surface area contributed by atoms with Crippen LogP contribution in [0.3, 0.4) is 0 Å². The van der Waals surface area contributed by atoms with E-state index in [4.69, 9.17) is 4.74 Å². The number of allylic oxidation sites excluding steroid dienone is 2. The highest BCUT2D eigenvalue weighted by Crippen LogP contribution is 2.16. The molecular weight excluding hydrogens is 154 g/mol. The van der Waals surface area contributed by atoms with Crippen LogP contribution in [-0.4, -0.2) is 24.5 Å². The molecule has 0 radical (unpaired) electrons. The van der Waals surface area contributed by atoms with Crippen molar-refractivity contribution in [2.45, 2.75) is 13.1 Å². The van der Waals surface area contributed by atoms with E-state index in [-0.39, 0.29) is 6.17 Å². The van der Waals surface area contributed by atoms with Crippen molar-refractivity contribution in [1.29, 1.82) is 0 Å². The summed E-state index contributed by atoms with van der Waals surface area (Å²) in [6.07, 6.45) is 5.78. The molecular formula is C8H11N3O. The Balaban J connectivity index is 2.18. The summed E-state index contributed by atoms with van der Waals surface area (Å²) in [5.74, 6) is 0.798. The molecule has 4 nitrogen and oxygen atoms in total. The predicted molar refractivity (Wildman–Crippen MR) is 46.1 cm³/mol. The third-order valence-corrected chi connectivity index (χ3v) is 1.86. The van der Waals surface area contributed by atoms with Gasteiger partial charge in [-0.05, 0) is 6.92 Å². The van der Waals surface area contributed by atoms with Gasteiger partial charge in [-0.25, -0.2) is 5.01 Å². The molecule has 0 aliphatic carbocycles. The summed E-state index contributed by atoms with van der Waals surface area (Å²) >= 11 is 0. The topological polar surface area (TPSA) is 36.9 Å². The molecule has 0 saturated heterocycles. The van der Waals surface area contributed by atoms with Gasteiger partial charge in [0.15, 0.2) is 0 Å². The van der Waals surface area contributed by atoms with Crippen LogP contribution >= 0.6 is 0 Å². The van der Waals surface area contributed by atoms with Crippen LogP contribution in [0.1, 0.15) is 6.92 Å². The smallest absolute Gasteiger partial charge is 0.143 e. The highest BCUT2D eigenvalue weighted by molar-refractivity contribution is 5.76. The molecule has 1 N–H and O–H groups in total. The lowest BCUT2D eigenvalue weighted by atomic mass is 10.3. The average molecular weight is 165 g/mol. The molecule has 64 valence electrons. The number of hydrogen-bond donors (Lipinski definition) is 1. The Morgan fingerprint density at radius 1 is 1.67 bits per heavy atom. The average Bonchev–Trinajstić information content (AvgIpc) is 2.43. The first-order chi connectivity index (χ1) is 5.79. The third-order valence-electron chi connectivity index (χ3n) is 1.86. The molecule has 2 aliphatic heterocycles. The number of nitrogens with zero attached hydrogens (tertiary/aromatic N) is 2. The quantitative estimate of drug-likeness (QED) is 0.618. The summed E-state index contributed by atoms with van der Waals surface area (Å²) < 4.78 is 5.06. The normalized spacial score (nSPS) is 25.8. The van der Waals surface area contributed by atoms with E-state index in [2.05, 4.69) is 10.4 Å². The monoisotopic (exact) mass is 165 g/mol. The lowest BCUT2D eigenvalue weighted by Crippen LogP contribution is -2.33. The summed E-state index contributed by atoms with van der Waals surface area (Å²) in [6, 6.07) is 0. The predicted octanol–water partition coefficient (Wildman–Crippen LogP) is 0.609. The maximum Gasteiger partial charge on any atom is 0.143 e. The number of hydrogen-bond acceptors (Lipinski definition) is 4. The number of ether oxygens (including phenoxy) is 1. The molecule has 0 saturated carbocycles. The molecule has 0 aromatic carbocycles. The fraction of sp³-hybridized carbons (Fsp3) is 0.375. The van der Waals surface area contributed by atoms with Crippen molar-refractivity contribution < 1.29 is 4.74 Å². The van der Waals surface area contributed by atoms with Gasteiger partial charge in [-0.3, -0.25) is 0 Å². The first kappa shape index (κ1) is 7.21. The zero-order valence-electron chi connectivity index (χ0n) is 7.11. The van der Waals surface area contributed by atoms with E-state index >= 15 is 0 Å². The zero-order chi connectivity index (χ0) is 8.55. The number of methoxy groups -OCH3 is 1. The number of rotatable bonds is 1. The molecule has 0 aromatic rings. The van der Waals surface area contributed by atoms with Gasteiger partial charge in [-0.15, -0.1) is 0 Å². The van der Waals surface area contributed by atoms with Crippen LogP contribution in [0.25, 0.3) is 0 Å². The van der Waals surface area contributed by atoms with Crippen LogP contribution in [0.5, 0.6) is 0 Å². The Bertz CT molecular complexity index is 280. The van der Waals surface area contributed by atoms with Gasteiger partial charge in [0.25, 0.3) is 0 Å². The van der Waals surface area contributed by atoms with Crippen LogP contribution in [0.4, 0.5) is 0 Å². The molecule has 1 unspecified atom stereocenters. The molecule has 0 spiro atoms. The van der Waals surface area contributed by atoms with Gasteiger partial charge < -0.3 is 10.1 Å². The van der Waals surface area contributed by atoms with E-state index in [1.165, 1.54) is 0 Å². The van der Waals surface area contributed by atoms with Crippen molar-refractivity contribution in [3.05, 3.63) is 23.7 Å². The summed E-state index contributed by atoms with van der Waals surface area (Å²) in [7, 11) is 1.64. The Hall–Kier alpha value is -1.45. The SMILES string of the molecule is COC1=CC2NC(C)=CN2N=C1. The second-order valence-corrected chi connectivity index (χ2v) is 2.80. The van der Waals surface area contributed by atoms with Crippen molar-refractivity contribution in [3.63, 3.8) is 0 Å². The van der Waals surface area contributed by atoms with Crippen molar-refractivity contribution >= 4 is 6.21 Å². The van der Waals surface area contributed by atoms with Gasteiger partial charge in [0.1, 0.15) is 11.9 Å². The second kappa shape index (κ2) is 2.55. The van der Waals surface area contributed by atoms with Crippen LogP contribution in [0.15, 0.2) is 28.8 Å². The minimum Gasteiger partial charge on any atom is -0.495 e. The fourth-order valence-corrected chi connectivity index (χ4v) is 1.28. The van der Waals surface area contributed by atoms with E-state index < -0.39 is 0 Å². The van der Waals surface area contributed by atoms with Crippen molar-refractivity contribution in [1.82, 2.24) is 10.3 Å². The molecule has 12 heavy (non-hydrogen) atoms. The van der Waals surface area contributed by atoms with Gasteiger partial charge in [-0.2, -0.15) is 5.10 Å². The molecule has 1 atom stereocenters. The number of hydrazone groups is 1. The van der Waals surface area contributed by atoms with Crippen LogP contribution in [0, 0.1) is 0 Å². The molecule has 0 fully saturated rings. The summed E-state index contributed by atoms with van der Waals surface area (Å²) in [5.41, 5.74) is 1.12. The van der Waals surface area contributed by atoms with Gasteiger partial charge in [0.05, 0.1) is 13.3 Å². The molecule has 2 aliphatic rings. The lowest BCUT2D eigenvalue weighted by Gasteiger charge is -2.21. The van der Waals surface area contributed by atoms with Gasteiger partial charge in [0, 0.05) is 18.0 Å². The first-order valence-corrected chi connectivity index (χ1v) is 3.83. The molecule has 0 amide bonds.